The minimum atomic E-state index is -0.395. The maximum Gasteiger partial charge on any atom is 0.257 e. The highest BCUT2D eigenvalue weighted by atomic mass is 35.5. The van der Waals surface area contributed by atoms with Crippen LogP contribution in [0.25, 0.3) is 5.57 Å². The normalized spacial score (nSPS) is 24.9. The Balaban J connectivity index is 1.54. The molecule has 0 atom stereocenters. The van der Waals surface area contributed by atoms with Crippen molar-refractivity contribution in [2.24, 2.45) is 0 Å². The van der Waals surface area contributed by atoms with E-state index in [1.807, 2.05) is 18.3 Å². The number of carbonyl (C=O) groups is 1. The van der Waals surface area contributed by atoms with Crippen LogP contribution in [-0.2, 0) is 14.3 Å². The third kappa shape index (κ3) is 2.39. The molecule has 1 amide bonds. The lowest BCUT2D eigenvalue weighted by Crippen LogP contribution is -2.43. The predicted octanol–water partition coefficient (Wildman–Crippen LogP) is 2.47. The Morgan fingerprint density at radius 2 is 1.95 bits per heavy atom. The molecule has 2 fully saturated rings. The zero-order chi connectivity index (χ0) is 15.2. The Bertz CT molecular complexity index is 643. The highest BCUT2D eigenvalue weighted by molar-refractivity contribution is 6.34. The van der Waals surface area contributed by atoms with Gasteiger partial charge in [0, 0.05) is 48.4 Å². The Labute approximate surface area is 133 Å². The summed E-state index contributed by atoms with van der Waals surface area (Å²) in [6.07, 6.45) is 3.57. The molecule has 4 rings (SSSR count). The first-order valence-electron chi connectivity index (χ1n) is 7.50. The molecule has 22 heavy (non-hydrogen) atoms. The van der Waals surface area contributed by atoms with Crippen molar-refractivity contribution in [3.05, 3.63) is 35.0 Å². The van der Waals surface area contributed by atoms with Gasteiger partial charge in [-0.1, -0.05) is 11.6 Å². The highest BCUT2D eigenvalue weighted by Gasteiger charge is 2.39. The molecule has 0 bridgehead atoms. The Morgan fingerprint density at radius 1 is 1.23 bits per heavy atom. The Morgan fingerprint density at radius 3 is 2.68 bits per heavy atom. The summed E-state index contributed by atoms with van der Waals surface area (Å²) in [6, 6.07) is 5.44. The summed E-state index contributed by atoms with van der Waals surface area (Å²) < 4.78 is 11.5. The number of rotatable bonds is 1. The number of nitrogens with zero attached hydrogens (tertiary/aromatic N) is 1. The molecule has 3 aliphatic rings. The van der Waals surface area contributed by atoms with Gasteiger partial charge in [-0.25, -0.2) is 0 Å². The monoisotopic (exact) mass is 320 g/mol. The largest absolute Gasteiger partial charge is 0.376 e. The van der Waals surface area contributed by atoms with E-state index in [4.69, 9.17) is 21.1 Å². The number of benzene rings is 1. The fourth-order valence-electron chi connectivity index (χ4n) is 3.25. The number of amides is 1. The fraction of sp³-hybridized carbons (Fsp3) is 0.438. The number of hydrogen-bond donors (Lipinski definition) is 1. The molecule has 5 nitrogen and oxygen atoms in total. The average Bonchev–Trinajstić information content (AvgIpc) is 3.08. The molecule has 1 N–H and O–H groups in total. The summed E-state index contributed by atoms with van der Waals surface area (Å²) >= 11 is 6.05. The van der Waals surface area contributed by atoms with Gasteiger partial charge in [-0.15, -0.1) is 0 Å². The van der Waals surface area contributed by atoms with E-state index >= 15 is 0 Å². The molecule has 0 saturated carbocycles. The number of fused-ring (bicyclic) bond motifs is 1. The van der Waals surface area contributed by atoms with E-state index in [1.165, 1.54) is 0 Å². The van der Waals surface area contributed by atoms with Crippen molar-refractivity contribution < 1.29 is 14.3 Å². The zero-order valence-electron chi connectivity index (χ0n) is 12.1. The van der Waals surface area contributed by atoms with Crippen molar-refractivity contribution in [1.82, 2.24) is 4.90 Å². The molecule has 3 aliphatic heterocycles. The van der Waals surface area contributed by atoms with Crippen molar-refractivity contribution in [2.75, 3.05) is 31.6 Å². The third-order valence-corrected chi connectivity index (χ3v) is 4.68. The number of halogens is 1. The number of anilines is 1. The first-order chi connectivity index (χ1) is 10.7. The van der Waals surface area contributed by atoms with Crippen molar-refractivity contribution in [3.8, 4) is 0 Å². The lowest BCUT2D eigenvalue weighted by atomic mass is 10.0. The van der Waals surface area contributed by atoms with Crippen LogP contribution in [0.1, 0.15) is 18.4 Å². The number of ether oxygens (including phenoxy) is 2. The van der Waals surface area contributed by atoms with E-state index < -0.39 is 5.79 Å². The standard InChI is InChI=1S/C16H17ClN2O3/c17-11-1-2-14-12(9-11)13(15(20)18-14)10-19-5-3-16(4-6-19)21-7-8-22-16/h1-2,9-10H,3-8H2,(H,18,20)/b13-10+. The van der Waals surface area contributed by atoms with E-state index in [9.17, 15) is 4.79 Å². The molecule has 2 saturated heterocycles. The minimum absolute atomic E-state index is 0.0779. The number of carbonyl (C=O) groups excluding carboxylic acids is 1. The molecule has 116 valence electrons. The lowest BCUT2D eigenvalue weighted by molar-refractivity contribution is -0.181. The van der Waals surface area contributed by atoms with E-state index in [0.29, 0.717) is 23.8 Å². The van der Waals surface area contributed by atoms with Gasteiger partial charge >= 0.3 is 0 Å². The second kappa shape index (κ2) is 5.26. The van der Waals surface area contributed by atoms with Crippen LogP contribution in [0.3, 0.4) is 0 Å². The summed E-state index contributed by atoms with van der Waals surface area (Å²) in [5.74, 6) is -0.473. The predicted molar refractivity (Wildman–Crippen MR) is 83.5 cm³/mol. The smallest absolute Gasteiger partial charge is 0.257 e. The molecule has 0 unspecified atom stereocenters. The molecule has 0 radical (unpaired) electrons. The highest BCUT2D eigenvalue weighted by Crippen LogP contribution is 2.36. The SMILES string of the molecule is O=C1Nc2ccc(Cl)cc2/C1=C\N1CCC2(CC1)OCCO2. The van der Waals surface area contributed by atoms with Crippen LogP contribution in [0.15, 0.2) is 24.4 Å². The molecule has 1 aromatic rings. The number of nitrogens with one attached hydrogen (secondary N) is 1. The van der Waals surface area contributed by atoms with Crippen molar-refractivity contribution in [1.29, 1.82) is 0 Å². The molecule has 1 aromatic carbocycles. The Hall–Kier alpha value is -1.56. The van der Waals surface area contributed by atoms with Crippen LogP contribution < -0.4 is 5.32 Å². The van der Waals surface area contributed by atoms with Crippen molar-refractivity contribution >= 4 is 28.8 Å². The van der Waals surface area contributed by atoms with Crippen LogP contribution >= 0.6 is 11.6 Å². The summed E-state index contributed by atoms with van der Waals surface area (Å²) in [6.45, 7) is 2.98. The van der Waals surface area contributed by atoms with Crippen LogP contribution in [0.4, 0.5) is 5.69 Å². The number of piperidine rings is 1. The van der Waals surface area contributed by atoms with E-state index in [-0.39, 0.29) is 5.91 Å². The second-order valence-electron chi connectivity index (χ2n) is 5.83. The van der Waals surface area contributed by atoms with Gasteiger partial charge in [0.2, 0.25) is 0 Å². The molecule has 6 heteroatoms. The first kappa shape index (κ1) is 14.1. The Kier molecular flexibility index (Phi) is 3.36. The van der Waals surface area contributed by atoms with Crippen molar-refractivity contribution in [3.63, 3.8) is 0 Å². The van der Waals surface area contributed by atoms with Crippen LogP contribution in [0.2, 0.25) is 5.02 Å². The molecular weight excluding hydrogens is 304 g/mol. The average molecular weight is 321 g/mol. The summed E-state index contributed by atoms with van der Waals surface area (Å²) in [5.41, 5.74) is 2.35. The topological polar surface area (TPSA) is 50.8 Å². The van der Waals surface area contributed by atoms with E-state index in [0.717, 1.165) is 37.2 Å². The van der Waals surface area contributed by atoms with Gasteiger partial charge in [0.1, 0.15) is 0 Å². The quantitative estimate of drug-likeness (QED) is 0.808. The molecule has 0 aliphatic carbocycles. The number of likely N-dealkylation sites (tertiary alicyclic amines) is 1. The minimum Gasteiger partial charge on any atom is -0.376 e. The van der Waals surface area contributed by atoms with Crippen LogP contribution in [-0.4, -0.2) is 42.9 Å². The van der Waals surface area contributed by atoms with Gasteiger partial charge in [0.05, 0.1) is 18.8 Å². The summed E-state index contributed by atoms with van der Waals surface area (Å²) in [7, 11) is 0. The van der Waals surface area contributed by atoms with Gasteiger partial charge in [0.15, 0.2) is 5.79 Å². The van der Waals surface area contributed by atoms with Crippen LogP contribution in [0.5, 0.6) is 0 Å². The zero-order valence-corrected chi connectivity index (χ0v) is 12.9. The maximum atomic E-state index is 12.2. The van der Waals surface area contributed by atoms with Crippen molar-refractivity contribution in [2.45, 2.75) is 18.6 Å². The molecule has 1 spiro atoms. The molecule has 3 heterocycles. The summed E-state index contributed by atoms with van der Waals surface area (Å²) in [5, 5.41) is 3.50. The van der Waals surface area contributed by atoms with E-state index in [2.05, 4.69) is 10.2 Å². The molecule has 0 aromatic heterocycles. The first-order valence-corrected chi connectivity index (χ1v) is 7.88. The maximum absolute atomic E-state index is 12.2. The third-order valence-electron chi connectivity index (χ3n) is 4.45. The van der Waals surface area contributed by atoms with E-state index in [1.54, 1.807) is 6.07 Å². The van der Waals surface area contributed by atoms with Gasteiger partial charge in [-0.2, -0.15) is 0 Å². The van der Waals surface area contributed by atoms with Gasteiger partial charge < -0.3 is 19.7 Å². The fourth-order valence-corrected chi connectivity index (χ4v) is 3.42. The second-order valence-corrected chi connectivity index (χ2v) is 6.27. The van der Waals surface area contributed by atoms with Gasteiger partial charge in [-0.05, 0) is 18.2 Å². The van der Waals surface area contributed by atoms with Crippen LogP contribution in [0, 0.1) is 0 Å². The van der Waals surface area contributed by atoms with Gasteiger partial charge in [-0.3, -0.25) is 4.79 Å². The summed E-state index contributed by atoms with van der Waals surface area (Å²) in [4.78, 5) is 14.3. The number of hydrogen-bond acceptors (Lipinski definition) is 4. The van der Waals surface area contributed by atoms with Gasteiger partial charge in [0.25, 0.3) is 5.91 Å². The molecular formula is C16H17ClN2O3. The lowest BCUT2D eigenvalue weighted by Gasteiger charge is -2.37.